The summed E-state index contributed by atoms with van der Waals surface area (Å²) in [5.74, 6) is -0.266. The Morgan fingerprint density at radius 3 is 2.28 bits per heavy atom. The van der Waals surface area contributed by atoms with Gasteiger partial charge in [-0.25, -0.2) is 0 Å². The molecule has 0 heterocycles. The Morgan fingerprint density at radius 2 is 1.69 bits per heavy atom. The number of aryl methyl sites for hydroxylation is 1. The number of hydrogen-bond donors (Lipinski definition) is 3. The summed E-state index contributed by atoms with van der Waals surface area (Å²) in [6, 6.07) is 17.7. The van der Waals surface area contributed by atoms with Crippen LogP contribution in [0.5, 0.6) is 0 Å². The quantitative estimate of drug-likeness (QED) is 0.271. The highest BCUT2D eigenvalue weighted by Gasteiger charge is 2.26. The fraction of sp³-hybridized carbons (Fsp3) is 0.391. The molecule has 0 aromatic heterocycles. The third-order valence-electron chi connectivity index (χ3n) is 4.48. The van der Waals surface area contributed by atoms with E-state index in [4.69, 9.17) is 22.7 Å². The molecule has 0 amide bonds. The van der Waals surface area contributed by atoms with E-state index in [-0.39, 0.29) is 12.0 Å². The number of ether oxygens (including phenoxy) is 1. The average molecular weight is 414 g/mol. The molecule has 2 aromatic rings. The Labute approximate surface area is 179 Å². The van der Waals surface area contributed by atoms with Crippen molar-refractivity contribution in [3.63, 3.8) is 0 Å². The molecule has 0 aliphatic rings. The van der Waals surface area contributed by atoms with Crippen molar-refractivity contribution in [1.29, 1.82) is 0 Å². The molecular formula is C23H31N3O2S. The third kappa shape index (κ3) is 7.74. The van der Waals surface area contributed by atoms with Gasteiger partial charge >= 0.3 is 5.97 Å². The van der Waals surface area contributed by atoms with E-state index in [0.717, 1.165) is 17.7 Å². The standard InChI is InChI=1S/C23H31N3O2S/c1-16(18-11-13-19(24)14-12-18)25-22(29)26-20(28-21(27)23(2,3)4)15-10-17-8-6-5-7-9-17/h5-9,11-14,16,20H,10,15,24H2,1-4H3,(H2,25,26,29)/t16-,20?/m1/s1. The first-order valence-corrected chi connectivity index (χ1v) is 10.2. The van der Waals surface area contributed by atoms with Crippen LogP contribution in [-0.2, 0) is 16.0 Å². The molecule has 0 fully saturated rings. The average Bonchev–Trinajstić information content (AvgIpc) is 2.66. The maximum atomic E-state index is 12.4. The first kappa shape index (κ1) is 22.7. The molecule has 0 saturated carbocycles. The minimum atomic E-state index is -0.584. The lowest BCUT2D eigenvalue weighted by atomic mass is 9.97. The number of benzene rings is 2. The van der Waals surface area contributed by atoms with Gasteiger partial charge in [0, 0.05) is 12.1 Å². The molecular weight excluding hydrogens is 382 g/mol. The smallest absolute Gasteiger partial charge is 0.313 e. The van der Waals surface area contributed by atoms with Gasteiger partial charge in [0.2, 0.25) is 0 Å². The van der Waals surface area contributed by atoms with Crippen LogP contribution in [0.15, 0.2) is 54.6 Å². The van der Waals surface area contributed by atoms with Gasteiger partial charge in [-0.1, -0.05) is 42.5 Å². The van der Waals surface area contributed by atoms with Crippen LogP contribution in [0.3, 0.4) is 0 Å². The molecule has 0 aliphatic carbocycles. The second kappa shape index (κ2) is 10.3. The lowest BCUT2D eigenvalue weighted by Gasteiger charge is -2.26. The number of nitrogens with two attached hydrogens (primary N) is 1. The zero-order valence-corrected chi connectivity index (χ0v) is 18.4. The maximum Gasteiger partial charge on any atom is 0.313 e. The fourth-order valence-electron chi connectivity index (χ4n) is 2.66. The molecule has 4 N–H and O–H groups in total. The number of carbonyl (C=O) groups is 1. The Kier molecular flexibility index (Phi) is 8.02. The lowest BCUT2D eigenvalue weighted by molar-refractivity contribution is -0.159. The summed E-state index contributed by atoms with van der Waals surface area (Å²) >= 11 is 5.47. The number of esters is 1. The van der Waals surface area contributed by atoms with Gasteiger partial charge in [0.15, 0.2) is 11.3 Å². The molecule has 6 heteroatoms. The van der Waals surface area contributed by atoms with E-state index in [1.165, 1.54) is 5.56 Å². The van der Waals surface area contributed by atoms with Gasteiger partial charge in [0.05, 0.1) is 11.5 Å². The normalized spacial score (nSPS) is 13.2. The molecule has 29 heavy (non-hydrogen) atoms. The second-order valence-electron chi connectivity index (χ2n) is 8.17. The van der Waals surface area contributed by atoms with Gasteiger partial charge in [0.1, 0.15) is 0 Å². The number of thiocarbonyl (C=S) groups is 1. The monoisotopic (exact) mass is 413 g/mol. The zero-order chi connectivity index (χ0) is 21.4. The van der Waals surface area contributed by atoms with Crippen molar-refractivity contribution in [2.75, 3.05) is 5.73 Å². The number of rotatable bonds is 7. The van der Waals surface area contributed by atoms with Crippen LogP contribution in [0.4, 0.5) is 5.69 Å². The summed E-state index contributed by atoms with van der Waals surface area (Å²) < 4.78 is 5.72. The lowest BCUT2D eigenvalue weighted by Crippen LogP contribution is -2.46. The van der Waals surface area contributed by atoms with Crippen molar-refractivity contribution >= 4 is 29.0 Å². The number of hydrogen-bond acceptors (Lipinski definition) is 4. The van der Waals surface area contributed by atoms with E-state index in [1.54, 1.807) is 0 Å². The van der Waals surface area contributed by atoms with Crippen LogP contribution in [0.2, 0.25) is 0 Å². The van der Waals surface area contributed by atoms with Crippen molar-refractivity contribution < 1.29 is 9.53 Å². The molecule has 2 rings (SSSR count). The van der Waals surface area contributed by atoms with Gasteiger partial charge in [-0.15, -0.1) is 0 Å². The summed E-state index contributed by atoms with van der Waals surface area (Å²) in [5.41, 5.74) is 8.13. The van der Waals surface area contributed by atoms with E-state index >= 15 is 0 Å². The SMILES string of the molecule is C[C@@H](NC(=S)NC(CCc1ccccc1)OC(=O)C(C)(C)C)c1ccc(N)cc1. The number of nitrogens with one attached hydrogen (secondary N) is 2. The molecule has 0 saturated heterocycles. The van der Waals surface area contributed by atoms with E-state index in [9.17, 15) is 4.79 Å². The van der Waals surface area contributed by atoms with Gasteiger partial charge < -0.3 is 21.1 Å². The Balaban J connectivity index is 1.99. The van der Waals surface area contributed by atoms with Crippen molar-refractivity contribution in [2.45, 2.75) is 52.8 Å². The van der Waals surface area contributed by atoms with Gasteiger partial charge in [-0.2, -0.15) is 0 Å². The molecule has 5 nitrogen and oxygen atoms in total. The molecule has 0 spiro atoms. The van der Waals surface area contributed by atoms with Gasteiger partial charge in [0.25, 0.3) is 0 Å². The highest BCUT2D eigenvalue weighted by Crippen LogP contribution is 2.18. The minimum absolute atomic E-state index is 0.0105. The van der Waals surface area contributed by atoms with Crippen LogP contribution in [0.25, 0.3) is 0 Å². The molecule has 1 unspecified atom stereocenters. The summed E-state index contributed by atoms with van der Waals surface area (Å²) in [5, 5.41) is 6.84. The van der Waals surface area contributed by atoms with Crippen LogP contribution in [0, 0.1) is 5.41 Å². The van der Waals surface area contributed by atoms with Crippen LogP contribution in [-0.4, -0.2) is 17.3 Å². The van der Waals surface area contributed by atoms with Crippen LogP contribution >= 0.6 is 12.2 Å². The van der Waals surface area contributed by atoms with Gasteiger partial charge in [-0.3, -0.25) is 4.79 Å². The predicted molar refractivity (Wildman–Crippen MR) is 122 cm³/mol. The van der Waals surface area contributed by atoms with Crippen molar-refractivity contribution in [3.8, 4) is 0 Å². The van der Waals surface area contributed by atoms with Gasteiger partial charge in [-0.05, 0) is 69.6 Å². The number of carbonyl (C=O) groups excluding carboxylic acids is 1. The van der Waals surface area contributed by atoms with Crippen LogP contribution in [0.1, 0.15) is 51.3 Å². The van der Waals surface area contributed by atoms with Crippen LogP contribution < -0.4 is 16.4 Å². The fourth-order valence-corrected chi connectivity index (χ4v) is 2.97. The molecule has 0 radical (unpaired) electrons. The first-order chi connectivity index (χ1) is 13.6. The maximum absolute atomic E-state index is 12.4. The van der Waals surface area contributed by atoms with E-state index in [0.29, 0.717) is 11.5 Å². The van der Waals surface area contributed by atoms with E-state index in [1.807, 2.05) is 70.2 Å². The van der Waals surface area contributed by atoms with Crippen molar-refractivity contribution in [1.82, 2.24) is 10.6 Å². The molecule has 2 aromatic carbocycles. The topological polar surface area (TPSA) is 76.4 Å². The van der Waals surface area contributed by atoms with E-state index in [2.05, 4.69) is 22.8 Å². The molecule has 156 valence electrons. The van der Waals surface area contributed by atoms with E-state index < -0.39 is 11.6 Å². The summed E-state index contributed by atoms with van der Waals surface area (Å²) in [6.07, 6.45) is 0.872. The largest absolute Gasteiger partial charge is 0.441 e. The molecule has 2 atom stereocenters. The summed E-state index contributed by atoms with van der Waals surface area (Å²) in [7, 11) is 0. The zero-order valence-electron chi connectivity index (χ0n) is 17.6. The number of anilines is 1. The highest BCUT2D eigenvalue weighted by molar-refractivity contribution is 7.80. The predicted octanol–water partition coefficient (Wildman–Crippen LogP) is 4.34. The molecule has 0 bridgehead atoms. The Bertz CT molecular complexity index is 801. The van der Waals surface area contributed by atoms with Crippen molar-refractivity contribution in [3.05, 3.63) is 65.7 Å². The second-order valence-corrected chi connectivity index (χ2v) is 8.58. The first-order valence-electron chi connectivity index (χ1n) is 9.82. The Hall–Kier alpha value is -2.60. The molecule has 0 aliphatic heterocycles. The summed E-state index contributed by atoms with van der Waals surface area (Å²) in [6.45, 7) is 7.52. The number of nitrogen functional groups attached to an aromatic ring is 1. The summed E-state index contributed by atoms with van der Waals surface area (Å²) in [4.78, 5) is 12.4. The Morgan fingerprint density at radius 1 is 1.07 bits per heavy atom. The highest BCUT2D eigenvalue weighted by atomic mass is 32.1. The third-order valence-corrected chi connectivity index (χ3v) is 4.71. The minimum Gasteiger partial charge on any atom is -0.441 e. The van der Waals surface area contributed by atoms with Crippen molar-refractivity contribution in [2.24, 2.45) is 5.41 Å².